The predicted molar refractivity (Wildman–Crippen MR) is 71.2 cm³/mol. The Balaban J connectivity index is 2.44. The van der Waals surface area contributed by atoms with Crippen molar-refractivity contribution in [3.8, 4) is 5.75 Å². The lowest BCUT2D eigenvalue weighted by Gasteiger charge is -2.08. The third-order valence-corrected chi connectivity index (χ3v) is 2.04. The van der Waals surface area contributed by atoms with Crippen molar-refractivity contribution >= 4 is 17.6 Å². The second kappa shape index (κ2) is 7.16. The van der Waals surface area contributed by atoms with Crippen molar-refractivity contribution in [3.05, 3.63) is 24.3 Å². The fourth-order valence-electron chi connectivity index (χ4n) is 1.21. The number of benzene rings is 1. The smallest absolute Gasteiger partial charge is 0.319 e. The third kappa shape index (κ3) is 5.20. The fourth-order valence-corrected chi connectivity index (χ4v) is 1.21. The Hall–Kier alpha value is -2.24. The number of rotatable bonds is 6. The molecule has 0 aliphatic rings. The highest BCUT2D eigenvalue weighted by Crippen LogP contribution is 2.15. The average Bonchev–Trinajstić information content (AvgIpc) is 2.35. The lowest BCUT2D eigenvalue weighted by Crippen LogP contribution is -2.29. The summed E-state index contributed by atoms with van der Waals surface area (Å²) in [5, 5.41) is 12.4. The van der Waals surface area contributed by atoms with E-state index in [4.69, 9.17) is 15.9 Å². The molecule has 98 valence electrons. The second-order valence-electron chi connectivity index (χ2n) is 3.72. The van der Waals surface area contributed by atoms with Crippen LogP contribution in [0.5, 0.6) is 5.75 Å². The molecule has 18 heavy (non-hydrogen) atoms. The zero-order valence-corrected chi connectivity index (χ0v) is 10.3. The summed E-state index contributed by atoms with van der Waals surface area (Å²) in [6.45, 7) is 2.69. The molecule has 0 spiro atoms. The number of carbonyl (C=O) groups is 1. The molecule has 0 unspecified atom stereocenters. The van der Waals surface area contributed by atoms with Gasteiger partial charge in [0.2, 0.25) is 0 Å². The second-order valence-corrected chi connectivity index (χ2v) is 3.72. The summed E-state index contributed by atoms with van der Waals surface area (Å²) in [6.07, 6.45) is 0.894. The van der Waals surface area contributed by atoms with Crippen LogP contribution in [-0.4, -0.2) is 25.0 Å². The van der Waals surface area contributed by atoms with Gasteiger partial charge in [-0.15, -0.1) is 0 Å². The van der Waals surface area contributed by atoms with Crippen LogP contribution in [0.1, 0.15) is 13.3 Å². The van der Waals surface area contributed by atoms with Crippen LogP contribution in [0.3, 0.4) is 0 Å². The monoisotopic (exact) mass is 250 g/mol. The molecular weight excluding hydrogens is 232 g/mol. The topological polar surface area (TPSA) is 100 Å². The highest BCUT2D eigenvalue weighted by molar-refractivity contribution is 5.89. The summed E-state index contributed by atoms with van der Waals surface area (Å²) in [4.78, 5) is 11.4. The molecule has 5 N–H and O–H groups in total. The Morgan fingerprint density at radius 3 is 2.61 bits per heavy atom. The summed E-state index contributed by atoms with van der Waals surface area (Å²) >= 11 is 0. The Kier molecular flexibility index (Phi) is 5.50. The summed E-state index contributed by atoms with van der Waals surface area (Å²) in [6, 6.07) is 6.63. The van der Waals surface area contributed by atoms with Crippen LogP contribution in [0.4, 0.5) is 10.5 Å². The molecule has 6 heteroatoms. The number of anilines is 1. The maximum absolute atomic E-state index is 11.4. The zero-order valence-electron chi connectivity index (χ0n) is 10.3. The van der Waals surface area contributed by atoms with Crippen LogP contribution in [-0.2, 0) is 0 Å². The molecule has 0 radical (unpaired) electrons. The SMILES string of the molecule is CCCNC(=O)Nc1ccc(OCC(=N)N)cc1. The van der Waals surface area contributed by atoms with Crippen LogP contribution in [0.15, 0.2) is 24.3 Å². The lowest BCUT2D eigenvalue weighted by molar-refractivity contribution is 0.252. The summed E-state index contributed by atoms with van der Waals surface area (Å²) in [5.74, 6) is 0.570. The van der Waals surface area contributed by atoms with Gasteiger partial charge in [0.05, 0.1) is 0 Å². The number of nitrogens with one attached hydrogen (secondary N) is 3. The first-order chi connectivity index (χ1) is 8.61. The maximum atomic E-state index is 11.4. The van der Waals surface area contributed by atoms with Gasteiger partial charge >= 0.3 is 6.03 Å². The molecular formula is C12H18N4O2. The number of nitrogens with two attached hydrogens (primary N) is 1. The van der Waals surface area contributed by atoms with E-state index in [1.165, 1.54) is 0 Å². The van der Waals surface area contributed by atoms with E-state index in [1.807, 2.05) is 6.92 Å². The fraction of sp³-hybridized carbons (Fsp3) is 0.333. The highest BCUT2D eigenvalue weighted by Gasteiger charge is 2.01. The van der Waals surface area contributed by atoms with E-state index in [2.05, 4.69) is 10.6 Å². The van der Waals surface area contributed by atoms with Crippen molar-refractivity contribution in [2.75, 3.05) is 18.5 Å². The van der Waals surface area contributed by atoms with Crippen molar-refractivity contribution in [1.82, 2.24) is 5.32 Å². The molecule has 0 atom stereocenters. The van der Waals surface area contributed by atoms with Gasteiger partial charge in [-0.25, -0.2) is 4.79 Å². The van der Waals surface area contributed by atoms with E-state index in [0.717, 1.165) is 6.42 Å². The summed E-state index contributed by atoms with van der Waals surface area (Å²) in [5.41, 5.74) is 5.86. The van der Waals surface area contributed by atoms with Gasteiger partial charge in [0.25, 0.3) is 0 Å². The number of hydrogen-bond donors (Lipinski definition) is 4. The number of hydrogen-bond acceptors (Lipinski definition) is 3. The molecule has 0 saturated carbocycles. The van der Waals surface area contributed by atoms with Gasteiger partial charge < -0.3 is 21.1 Å². The van der Waals surface area contributed by atoms with Gasteiger partial charge in [-0.1, -0.05) is 6.92 Å². The average molecular weight is 250 g/mol. The van der Waals surface area contributed by atoms with Gasteiger partial charge in [0, 0.05) is 12.2 Å². The van der Waals surface area contributed by atoms with E-state index >= 15 is 0 Å². The molecule has 1 rings (SSSR count). The Labute approximate surface area is 106 Å². The molecule has 2 amide bonds. The van der Waals surface area contributed by atoms with Crippen molar-refractivity contribution < 1.29 is 9.53 Å². The van der Waals surface area contributed by atoms with E-state index in [1.54, 1.807) is 24.3 Å². The largest absolute Gasteiger partial charge is 0.486 e. The van der Waals surface area contributed by atoms with E-state index in [-0.39, 0.29) is 18.5 Å². The Morgan fingerprint density at radius 1 is 1.39 bits per heavy atom. The number of amidine groups is 1. The minimum Gasteiger partial charge on any atom is -0.486 e. The number of urea groups is 1. The number of carbonyl (C=O) groups excluding carboxylic acids is 1. The van der Waals surface area contributed by atoms with Crippen LogP contribution in [0.25, 0.3) is 0 Å². The van der Waals surface area contributed by atoms with Crippen molar-refractivity contribution in [1.29, 1.82) is 5.41 Å². The minimum absolute atomic E-state index is 0.0313. The molecule has 1 aromatic carbocycles. The molecule has 6 nitrogen and oxygen atoms in total. The predicted octanol–water partition coefficient (Wildman–Crippen LogP) is 1.53. The summed E-state index contributed by atoms with van der Waals surface area (Å²) < 4.78 is 5.21. The Bertz CT molecular complexity index is 403. The van der Waals surface area contributed by atoms with Crippen LogP contribution in [0.2, 0.25) is 0 Å². The van der Waals surface area contributed by atoms with Crippen molar-refractivity contribution in [3.63, 3.8) is 0 Å². The van der Waals surface area contributed by atoms with E-state index < -0.39 is 0 Å². The normalized spacial score (nSPS) is 9.61. The van der Waals surface area contributed by atoms with E-state index in [9.17, 15) is 4.79 Å². The molecule has 0 aromatic heterocycles. The first-order valence-electron chi connectivity index (χ1n) is 5.72. The molecule has 0 bridgehead atoms. The van der Waals surface area contributed by atoms with Gasteiger partial charge in [-0.2, -0.15) is 0 Å². The lowest BCUT2D eigenvalue weighted by atomic mass is 10.3. The van der Waals surface area contributed by atoms with Crippen LogP contribution in [0, 0.1) is 5.41 Å². The molecule has 0 aliphatic heterocycles. The molecule has 0 heterocycles. The van der Waals surface area contributed by atoms with Crippen molar-refractivity contribution in [2.24, 2.45) is 5.73 Å². The third-order valence-electron chi connectivity index (χ3n) is 2.04. The molecule has 1 aromatic rings. The molecule has 0 aliphatic carbocycles. The van der Waals surface area contributed by atoms with Crippen LogP contribution >= 0.6 is 0 Å². The number of amides is 2. The van der Waals surface area contributed by atoms with Gasteiger partial charge in [0.1, 0.15) is 18.2 Å². The highest BCUT2D eigenvalue weighted by atomic mass is 16.5. The van der Waals surface area contributed by atoms with E-state index in [0.29, 0.717) is 18.0 Å². The maximum Gasteiger partial charge on any atom is 0.319 e. The first-order valence-corrected chi connectivity index (χ1v) is 5.72. The number of ether oxygens (including phenoxy) is 1. The Morgan fingerprint density at radius 2 is 2.06 bits per heavy atom. The minimum atomic E-state index is -0.228. The summed E-state index contributed by atoms with van der Waals surface area (Å²) in [7, 11) is 0. The van der Waals surface area contributed by atoms with Crippen molar-refractivity contribution in [2.45, 2.75) is 13.3 Å². The van der Waals surface area contributed by atoms with Gasteiger partial charge in [0.15, 0.2) is 0 Å². The quantitative estimate of drug-likeness (QED) is 0.455. The van der Waals surface area contributed by atoms with Gasteiger partial charge in [-0.3, -0.25) is 5.41 Å². The van der Waals surface area contributed by atoms with Gasteiger partial charge in [-0.05, 0) is 30.7 Å². The molecule has 0 saturated heterocycles. The standard InChI is InChI=1S/C12H18N4O2/c1-2-7-15-12(17)16-9-3-5-10(6-4-9)18-8-11(13)14/h3-6H,2,7-8H2,1H3,(H3,13,14)(H2,15,16,17). The first kappa shape index (κ1) is 13.8. The van der Waals surface area contributed by atoms with Crippen LogP contribution < -0.4 is 21.1 Å². The molecule has 0 fully saturated rings. The zero-order chi connectivity index (χ0) is 13.4.